The fraction of sp³-hybridized carbons (Fsp3) is 0.179. The number of nitrogens with two attached hydrogens (primary N) is 1. The average molecular weight is 716 g/mol. The summed E-state index contributed by atoms with van der Waals surface area (Å²) in [4.78, 5) is 17.9. The second-order valence-electron chi connectivity index (χ2n) is 11.6. The van der Waals surface area contributed by atoms with Crippen LogP contribution in [-0.4, -0.2) is 49.7 Å². The van der Waals surface area contributed by atoms with E-state index in [1.807, 2.05) is 98.6 Å². The molecule has 13 heteroatoms. The lowest BCUT2D eigenvalue weighted by atomic mass is 10.1. The summed E-state index contributed by atoms with van der Waals surface area (Å²) in [7, 11) is 0. The normalized spacial score (nSPS) is 11.5. The first-order valence-corrected chi connectivity index (χ1v) is 17.6. The van der Waals surface area contributed by atoms with Crippen molar-refractivity contribution >= 4 is 33.1 Å². The number of aryl methyl sites for hydroxylation is 1. The van der Waals surface area contributed by atoms with Crippen molar-refractivity contribution in [3.8, 4) is 34.2 Å². The number of halogens is 1. The van der Waals surface area contributed by atoms with E-state index >= 15 is 0 Å². The van der Waals surface area contributed by atoms with Crippen molar-refractivity contribution in [2.24, 2.45) is 5.73 Å². The molecule has 0 radical (unpaired) electrons. The Morgan fingerprint density at radius 2 is 1.46 bits per heavy atom. The number of hydrogen-bond donors (Lipinski definition) is 3. The molecule has 264 valence electrons. The zero-order chi connectivity index (χ0) is 36.8. The molecule has 0 amide bonds. The van der Waals surface area contributed by atoms with Crippen molar-refractivity contribution in [1.29, 1.82) is 0 Å². The average Bonchev–Trinajstić information content (AvgIpc) is 3.95. The van der Waals surface area contributed by atoms with Crippen LogP contribution in [0.25, 0.3) is 56.0 Å². The van der Waals surface area contributed by atoms with Crippen molar-refractivity contribution in [3.05, 3.63) is 131 Å². The molecule has 1 unspecified atom stereocenters. The molecular formula is C39H38FN9O2S. The highest BCUT2D eigenvalue weighted by Crippen LogP contribution is 2.29. The van der Waals surface area contributed by atoms with Crippen LogP contribution >= 0.6 is 11.3 Å². The lowest BCUT2D eigenvalue weighted by molar-refractivity contribution is 0.276. The van der Waals surface area contributed by atoms with Gasteiger partial charge in [0.25, 0.3) is 0 Å². The summed E-state index contributed by atoms with van der Waals surface area (Å²) < 4.78 is 18.1. The smallest absolute Gasteiger partial charge is 0.154 e. The van der Waals surface area contributed by atoms with Gasteiger partial charge < -0.3 is 15.9 Å². The highest BCUT2D eigenvalue weighted by molar-refractivity contribution is 7.09. The zero-order valence-electron chi connectivity index (χ0n) is 29.1. The molecule has 6 aromatic heterocycles. The molecule has 4 N–H and O–H groups in total. The zero-order valence-corrected chi connectivity index (χ0v) is 30.0. The van der Waals surface area contributed by atoms with Crippen molar-refractivity contribution in [2.75, 3.05) is 0 Å². The monoisotopic (exact) mass is 715 g/mol. The Morgan fingerprint density at radius 1 is 0.750 bits per heavy atom. The molecule has 6 heterocycles. The van der Waals surface area contributed by atoms with Gasteiger partial charge in [0.05, 0.1) is 64.8 Å². The topological polar surface area (TPSA) is 154 Å². The van der Waals surface area contributed by atoms with Crippen LogP contribution in [0.3, 0.4) is 0 Å². The molecule has 0 fully saturated rings. The van der Waals surface area contributed by atoms with Gasteiger partial charge in [-0.25, -0.2) is 28.7 Å². The Hall–Kier alpha value is -5.73. The second-order valence-corrected chi connectivity index (χ2v) is 12.5. The van der Waals surface area contributed by atoms with E-state index in [0.717, 1.165) is 39.4 Å². The minimum Gasteiger partial charge on any atom is -0.390 e. The highest BCUT2D eigenvalue weighted by Gasteiger charge is 2.15. The van der Waals surface area contributed by atoms with Gasteiger partial charge in [-0.1, -0.05) is 44.2 Å². The summed E-state index contributed by atoms with van der Waals surface area (Å²) in [6, 6.07) is 25.8. The third-order valence-corrected chi connectivity index (χ3v) is 8.82. The Balaban J connectivity index is 0.000000172. The van der Waals surface area contributed by atoms with E-state index in [0.29, 0.717) is 38.7 Å². The number of rotatable bonds is 7. The molecule has 52 heavy (non-hydrogen) atoms. The molecule has 0 bridgehead atoms. The maximum absolute atomic E-state index is 14.7. The van der Waals surface area contributed by atoms with E-state index in [-0.39, 0.29) is 25.1 Å². The minimum atomic E-state index is -0.389. The summed E-state index contributed by atoms with van der Waals surface area (Å²) in [6.07, 6.45) is 3.30. The predicted octanol–water partition coefficient (Wildman–Crippen LogP) is 7.50. The molecule has 11 nitrogen and oxygen atoms in total. The third kappa shape index (κ3) is 7.62. The molecule has 0 saturated heterocycles. The minimum absolute atomic E-state index is 0.0297. The van der Waals surface area contributed by atoms with Crippen LogP contribution < -0.4 is 5.73 Å². The lowest BCUT2D eigenvalue weighted by Gasteiger charge is -2.09. The van der Waals surface area contributed by atoms with Gasteiger partial charge in [0, 0.05) is 33.6 Å². The van der Waals surface area contributed by atoms with Crippen molar-refractivity contribution < 1.29 is 14.6 Å². The van der Waals surface area contributed by atoms with Gasteiger partial charge in [-0.2, -0.15) is 10.2 Å². The number of thiazole rings is 1. The van der Waals surface area contributed by atoms with Crippen LogP contribution in [-0.2, 0) is 13.2 Å². The van der Waals surface area contributed by atoms with Gasteiger partial charge >= 0.3 is 0 Å². The van der Waals surface area contributed by atoms with Crippen molar-refractivity contribution in [2.45, 2.75) is 47.0 Å². The summed E-state index contributed by atoms with van der Waals surface area (Å²) in [5.41, 5.74) is 12.8. The number of hydrogen-bond acceptors (Lipinski definition) is 10. The Labute approximate surface area is 303 Å². The molecule has 2 aromatic carbocycles. The second kappa shape index (κ2) is 16.1. The Morgan fingerprint density at radius 3 is 2.19 bits per heavy atom. The number of pyridine rings is 3. The molecule has 0 saturated carbocycles. The molecule has 0 spiro atoms. The molecule has 8 rings (SSSR count). The predicted molar refractivity (Wildman–Crippen MR) is 203 cm³/mol. The highest BCUT2D eigenvalue weighted by atomic mass is 32.1. The van der Waals surface area contributed by atoms with Gasteiger partial charge in [0.1, 0.15) is 10.8 Å². The van der Waals surface area contributed by atoms with Crippen LogP contribution in [0.4, 0.5) is 4.39 Å². The van der Waals surface area contributed by atoms with Crippen LogP contribution in [0.5, 0.6) is 0 Å². The van der Waals surface area contributed by atoms with Gasteiger partial charge in [0.15, 0.2) is 11.6 Å². The summed E-state index contributed by atoms with van der Waals surface area (Å²) in [5.74, 6) is 0.914. The van der Waals surface area contributed by atoms with Crippen molar-refractivity contribution in [3.63, 3.8) is 0 Å². The number of aromatic nitrogens is 8. The van der Waals surface area contributed by atoms with Crippen LogP contribution in [0.1, 0.15) is 48.9 Å². The maximum atomic E-state index is 14.7. The van der Waals surface area contributed by atoms with Crippen LogP contribution in [0, 0.1) is 12.7 Å². The fourth-order valence-electron chi connectivity index (χ4n) is 5.48. The quantitative estimate of drug-likeness (QED) is 0.152. The molecule has 0 aliphatic heterocycles. The Bertz CT molecular complexity index is 2450. The van der Waals surface area contributed by atoms with Gasteiger partial charge in [0.2, 0.25) is 0 Å². The largest absolute Gasteiger partial charge is 0.390 e. The van der Waals surface area contributed by atoms with E-state index in [1.54, 1.807) is 22.9 Å². The number of aliphatic hydroxyl groups excluding tert-OH is 2. The van der Waals surface area contributed by atoms with Gasteiger partial charge in [-0.15, -0.1) is 11.3 Å². The first-order valence-electron chi connectivity index (χ1n) is 16.8. The molecule has 0 aliphatic rings. The third-order valence-electron chi connectivity index (χ3n) is 7.99. The summed E-state index contributed by atoms with van der Waals surface area (Å²) in [5, 5.41) is 31.3. The standard InChI is InChI=1S/C20H18FN5O.C17H14N4OS.C2H6/c1-12(22)17-5-3-6-18(25-17)13-8-16(21)15-10-23-26(19(15)9-13)20-7-2-4-14(11-27)24-20;1-11-3-2-4-16(19-11)21-15-7-12(5-6-13(15)8-18-21)14-10-23-17(9-22)20-14;1-2/h2-10,12,27H,11,22H2,1H3;2-8,10,22H,9H2,1H3;1-2H3. The first-order chi connectivity index (χ1) is 25.3. The summed E-state index contributed by atoms with van der Waals surface area (Å²) >= 11 is 1.46. The molecule has 1 atom stereocenters. The number of benzene rings is 2. The molecule has 8 aromatic rings. The Kier molecular flexibility index (Phi) is 11.2. The van der Waals surface area contributed by atoms with Crippen molar-refractivity contribution in [1.82, 2.24) is 39.5 Å². The van der Waals surface area contributed by atoms with Gasteiger partial charge in [-0.3, -0.25) is 4.98 Å². The van der Waals surface area contributed by atoms with Crippen LogP contribution in [0.2, 0.25) is 0 Å². The van der Waals surface area contributed by atoms with E-state index in [1.165, 1.54) is 23.6 Å². The summed E-state index contributed by atoms with van der Waals surface area (Å²) in [6.45, 7) is 7.61. The van der Waals surface area contributed by atoms with E-state index in [2.05, 4.69) is 36.2 Å². The SMILES string of the molecule is CC.CC(N)c1cccc(-c2cc(F)c3cnn(-c4cccc(CO)n4)c3c2)n1.Cc1cccc(-n2ncc3ccc(-c4csc(CO)n4)cc32)n1. The van der Waals surface area contributed by atoms with E-state index < -0.39 is 0 Å². The van der Waals surface area contributed by atoms with E-state index in [4.69, 9.17) is 5.73 Å². The first kappa shape index (κ1) is 36.1. The molecular weight excluding hydrogens is 678 g/mol. The fourth-order valence-corrected chi connectivity index (χ4v) is 6.14. The molecule has 0 aliphatic carbocycles. The van der Waals surface area contributed by atoms with E-state index in [9.17, 15) is 14.6 Å². The number of aliphatic hydroxyl groups is 2. The van der Waals surface area contributed by atoms with Crippen LogP contribution in [0.15, 0.2) is 103 Å². The number of fused-ring (bicyclic) bond motifs is 2. The lowest BCUT2D eigenvalue weighted by Crippen LogP contribution is -2.07. The number of nitrogens with zero attached hydrogens (tertiary/aromatic N) is 8. The van der Waals surface area contributed by atoms with Gasteiger partial charge in [-0.05, 0) is 68.4 Å². The maximum Gasteiger partial charge on any atom is 0.154 e.